The Morgan fingerprint density at radius 2 is 1.92 bits per heavy atom. The Hall–Kier alpha value is -2.85. The molecular formula is C15H14FN3O5S. The molecule has 0 saturated heterocycles. The first-order valence-electron chi connectivity index (χ1n) is 6.97. The Morgan fingerprint density at radius 3 is 2.56 bits per heavy atom. The highest BCUT2D eigenvalue weighted by atomic mass is 32.2. The lowest BCUT2D eigenvalue weighted by Gasteiger charge is -2.17. The summed E-state index contributed by atoms with van der Waals surface area (Å²) in [5, 5.41) is 13.0. The van der Waals surface area contributed by atoms with Crippen molar-refractivity contribution in [3.8, 4) is 0 Å². The molecule has 0 atom stereocenters. The van der Waals surface area contributed by atoms with Crippen LogP contribution < -0.4 is 5.32 Å². The largest absolute Gasteiger partial charge is 0.322 e. The van der Waals surface area contributed by atoms with Gasteiger partial charge in [-0.25, -0.2) is 12.8 Å². The predicted molar refractivity (Wildman–Crippen MR) is 87.9 cm³/mol. The zero-order chi connectivity index (χ0) is 18.6. The molecule has 132 valence electrons. The summed E-state index contributed by atoms with van der Waals surface area (Å²) in [7, 11) is -2.97. The molecule has 0 aromatic heterocycles. The Labute approximate surface area is 143 Å². The minimum Gasteiger partial charge on any atom is -0.322 e. The van der Waals surface area contributed by atoms with Crippen LogP contribution in [0.15, 0.2) is 53.4 Å². The standard InChI is InChI=1S/C15H14FN3O5S/c1-18(10-15(20)17-14-8-3-2-7-13(14)16)25(23,24)12-6-4-5-11(9-12)19(21)22/h2-9H,10H2,1H3,(H,17,20). The van der Waals surface area contributed by atoms with E-state index in [1.54, 1.807) is 0 Å². The van der Waals surface area contributed by atoms with Gasteiger partial charge in [0.1, 0.15) is 5.82 Å². The van der Waals surface area contributed by atoms with Gasteiger partial charge in [0.2, 0.25) is 15.9 Å². The maximum absolute atomic E-state index is 13.5. The molecule has 10 heteroatoms. The summed E-state index contributed by atoms with van der Waals surface area (Å²) in [5.41, 5.74) is -0.459. The lowest BCUT2D eigenvalue weighted by molar-refractivity contribution is -0.385. The van der Waals surface area contributed by atoms with Gasteiger partial charge in [0.15, 0.2) is 0 Å². The van der Waals surface area contributed by atoms with Gasteiger partial charge in [-0.1, -0.05) is 18.2 Å². The van der Waals surface area contributed by atoms with E-state index in [4.69, 9.17) is 0 Å². The Morgan fingerprint density at radius 1 is 1.24 bits per heavy atom. The zero-order valence-electron chi connectivity index (χ0n) is 13.0. The second-order valence-electron chi connectivity index (χ2n) is 5.04. The average Bonchev–Trinajstić information content (AvgIpc) is 2.57. The number of para-hydroxylation sites is 1. The van der Waals surface area contributed by atoms with Crippen LogP contribution in [0.3, 0.4) is 0 Å². The van der Waals surface area contributed by atoms with Gasteiger partial charge in [-0.05, 0) is 18.2 Å². The van der Waals surface area contributed by atoms with Crippen molar-refractivity contribution >= 4 is 27.3 Å². The molecule has 0 fully saturated rings. The summed E-state index contributed by atoms with van der Waals surface area (Å²) in [5.74, 6) is -1.40. The molecule has 0 aliphatic heterocycles. The van der Waals surface area contributed by atoms with Gasteiger partial charge in [0.05, 0.1) is 22.1 Å². The van der Waals surface area contributed by atoms with Gasteiger partial charge in [0, 0.05) is 19.2 Å². The summed E-state index contributed by atoms with van der Waals surface area (Å²) >= 11 is 0. The van der Waals surface area contributed by atoms with Crippen molar-refractivity contribution in [1.82, 2.24) is 4.31 Å². The van der Waals surface area contributed by atoms with Crippen molar-refractivity contribution in [3.05, 3.63) is 64.5 Å². The number of non-ortho nitro benzene ring substituents is 1. The number of carbonyl (C=O) groups is 1. The molecule has 1 amide bonds. The Balaban J connectivity index is 2.15. The monoisotopic (exact) mass is 367 g/mol. The number of rotatable bonds is 6. The number of nitrogens with one attached hydrogen (secondary N) is 1. The number of halogens is 1. The van der Waals surface area contributed by atoms with Crippen LogP contribution >= 0.6 is 0 Å². The van der Waals surface area contributed by atoms with Crippen LogP contribution in [0.25, 0.3) is 0 Å². The fourth-order valence-corrected chi connectivity index (χ4v) is 3.14. The molecule has 0 spiro atoms. The van der Waals surface area contributed by atoms with Crippen molar-refractivity contribution in [3.63, 3.8) is 0 Å². The van der Waals surface area contributed by atoms with Crippen molar-refractivity contribution in [2.75, 3.05) is 18.9 Å². The molecule has 0 bridgehead atoms. The molecule has 8 nitrogen and oxygen atoms in total. The first-order chi connectivity index (χ1) is 11.7. The summed E-state index contributed by atoms with van der Waals surface area (Å²) in [4.78, 5) is 21.7. The number of nitrogens with zero attached hydrogens (tertiary/aromatic N) is 2. The molecule has 1 N–H and O–H groups in total. The van der Waals surface area contributed by atoms with Crippen molar-refractivity contribution in [2.24, 2.45) is 0 Å². The summed E-state index contributed by atoms with van der Waals surface area (Å²) in [6.45, 7) is -0.584. The number of anilines is 1. The van der Waals surface area contributed by atoms with Crippen LogP contribution in [-0.4, -0.2) is 37.1 Å². The van der Waals surface area contributed by atoms with Gasteiger partial charge in [0.25, 0.3) is 5.69 Å². The van der Waals surface area contributed by atoms with E-state index in [1.165, 1.54) is 30.3 Å². The highest BCUT2D eigenvalue weighted by Gasteiger charge is 2.25. The number of benzene rings is 2. The molecule has 0 unspecified atom stereocenters. The first-order valence-corrected chi connectivity index (χ1v) is 8.41. The van der Waals surface area contributed by atoms with Crippen LogP contribution in [0.2, 0.25) is 0 Å². The molecule has 0 saturated carbocycles. The lowest BCUT2D eigenvalue weighted by Crippen LogP contribution is -2.35. The molecule has 0 aliphatic carbocycles. The van der Waals surface area contributed by atoms with Crippen LogP contribution in [0.5, 0.6) is 0 Å². The third-order valence-electron chi connectivity index (χ3n) is 3.25. The summed E-state index contributed by atoms with van der Waals surface area (Å²) in [6, 6.07) is 9.93. The quantitative estimate of drug-likeness (QED) is 0.620. The number of hydrogen-bond donors (Lipinski definition) is 1. The van der Waals surface area contributed by atoms with Gasteiger partial charge in [-0.15, -0.1) is 0 Å². The SMILES string of the molecule is CN(CC(=O)Nc1ccccc1F)S(=O)(=O)c1cccc([N+](=O)[O-])c1. The number of amides is 1. The van der Waals surface area contributed by atoms with Gasteiger partial charge >= 0.3 is 0 Å². The number of carbonyl (C=O) groups excluding carboxylic acids is 1. The second-order valence-corrected chi connectivity index (χ2v) is 7.09. The minimum absolute atomic E-state index is 0.0753. The third-order valence-corrected chi connectivity index (χ3v) is 5.05. The van der Waals surface area contributed by atoms with E-state index in [-0.39, 0.29) is 16.3 Å². The van der Waals surface area contributed by atoms with Gasteiger partial charge in [-0.2, -0.15) is 4.31 Å². The molecule has 2 aromatic carbocycles. The number of nitro benzene ring substituents is 1. The van der Waals surface area contributed by atoms with E-state index >= 15 is 0 Å². The fourth-order valence-electron chi connectivity index (χ4n) is 1.98. The molecular weight excluding hydrogens is 353 g/mol. The van der Waals surface area contributed by atoms with Crippen LogP contribution in [-0.2, 0) is 14.8 Å². The van der Waals surface area contributed by atoms with Gasteiger partial charge < -0.3 is 5.32 Å². The van der Waals surface area contributed by atoms with Crippen molar-refractivity contribution in [1.29, 1.82) is 0 Å². The van der Waals surface area contributed by atoms with Crippen LogP contribution in [0.1, 0.15) is 0 Å². The lowest BCUT2D eigenvalue weighted by atomic mass is 10.3. The van der Waals surface area contributed by atoms with Crippen LogP contribution in [0, 0.1) is 15.9 Å². The smallest absolute Gasteiger partial charge is 0.270 e. The summed E-state index contributed by atoms with van der Waals surface area (Å²) < 4.78 is 39.0. The minimum atomic E-state index is -4.12. The average molecular weight is 367 g/mol. The van der Waals surface area contributed by atoms with E-state index in [0.29, 0.717) is 0 Å². The highest BCUT2D eigenvalue weighted by Crippen LogP contribution is 2.20. The third kappa shape index (κ3) is 4.37. The van der Waals surface area contributed by atoms with E-state index in [2.05, 4.69) is 5.32 Å². The van der Waals surface area contributed by atoms with E-state index < -0.39 is 33.2 Å². The maximum Gasteiger partial charge on any atom is 0.270 e. The van der Waals surface area contributed by atoms with Gasteiger partial charge in [-0.3, -0.25) is 14.9 Å². The number of nitro groups is 1. The fraction of sp³-hybridized carbons (Fsp3) is 0.133. The molecule has 0 heterocycles. The molecule has 0 radical (unpaired) electrons. The number of sulfonamides is 1. The molecule has 0 aliphatic rings. The number of likely N-dealkylation sites (N-methyl/N-ethyl adjacent to an activating group) is 1. The molecule has 2 rings (SSSR count). The predicted octanol–water partition coefficient (Wildman–Crippen LogP) is 1.99. The van der Waals surface area contributed by atoms with E-state index in [9.17, 15) is 27.7 Å². The first kappa shape index (κ1) is 18.5. The highest BCUT2D eigenvalue weighted by molar-refractivity contribution is 7.89. The molecule has 2 aromatic rings. The number of hydrogen-bond acceptors (Lipinski definition) is 5. The maximum atomic E-state index is 13.5. The normalized spacial score (nSPS) is 11.3. The topological polar surface area (TPSA) is 110 Å². The van der Waals surface area contributed by atoms with Crippen molar-refractivity contribution in [2.45, 2.75) is 4.90 Å². The van der Waals surface area contributed by atoms with Crippen LogP contribution in [0.4, 0.5) is 15.8 Å². The second kappa shape index (κ2) is 7.36. The van der Waals surface area contributed by atoms with E-state index in [0.717, 1.165) is 29.6 Å². The Bertz CT molecular complexity index is 917. The Kier molecular flexibility index (Phi) is 5.45. The van der Waals surface area contributed by atoms with E-state index in [1.807, 2.05) is 0 Å². The van der Waals surface area contributed by atoms with Crippen molar-refractivity contribution < 1.29 is 22.5 Å². The summed E-state index contributed by atoms with van der Waals surface area (Å²) in [6.07, 6.45) is 0. The molecule has 25 heavy (non-hydrogen) atoms. The zero-order valence-corrected chi connectivity index (χ0v) is 13.9.